The number of ether oxygens (including phenoxy) is 1. The highest BCUT2D eigenvalue weighted by Crippen LogP contribution is 2.26. The topological polar surface area (TPSA) is 79.4 Å². The molecule has 10 heteroatoms. The van der Waals surface area contributed by atoms with Crippen molar-refractivity contribution in [1.29, 1.82) is 0 Å². The number of rotatable bonds is 8. The van der Waals surface area contributed by atoms with Crippen LogP contribution in [0.5, 0.6) is 0 Å². The zero-order chi connectivity index (χ0) is 21.5. The Bertz CT molecular complexity index is 992. The summed E-state index contributed by atoms with van der Waals surface area (Å²) in [7, 11) is 0. The van der Waals surface area contributed by atoms with Crippen molar-refractivity contribution in [3.63, 3.8) is 0 Å². The third kappa shape index (κ3) is 6.39. The lowest BCUT2D eigenvalue weighted by molar-refractivity contribution is -0.113. The fraction of sp³-hybridized carbons (Fsp3) is 0.286. The molecule has 31 heavy (non-hydrogen) atoms. The summed E-state index contributed by atoms with van der Waals surface area (Å²) in [6.45, 7) is 3.77. The van der Waals surface area contributed by atoms with Crippen LogP contribution in [0.4, 0.5) is 20.9 Å². The van der Waals surface area contributed by atoms with Gasteiger partial charge in [-0.05, 0) is 42.0 Å². The minimum absolute atomic E-state index is 0.0971. The molecule has 3 aromatic rings. The van der Waals surface area contributed by atoms with E-state index in [1.54, 1.807) is 12.1 Å². The Kier molecular flexibility index (Phi) is 7.34. The van der Waals surface area contributed by atoms with Crippen LogP contribution in [-0.2, 0) is 16.1 Å². The first-order valence-electron chi connectivity index (χ1n) is 9.83. The molecular weight excluding hydrogens is 437 g/mol. The zero-order valence-corrected chi connectivity index (χ0v) is 18.3. The van der Waals surface area contributed by atoms with Gasteiger partial charge in [-0.1, -0.05) is 35.2 Å². The van der Waals surface area contributed by atoms with Gasteiger partial charge >= 0.3 is 0 Å². The molecule has 0 saturated carbocycles. The first kappa shape index (κ1) is 21.5. The van der Waals surface area contributed by atoms with Gasteiger partial charge in [-0.25, -0.2) is 4.39 Å². The third-order valence-corrected chi connectivity index (χ3v) is 6.63. The second kappa shape index (κ2) is 10.6. The van der Waals surface area contributed by atoms with Crippen LogP contribution in [0.25, 0.3) is 0 Å². The molecule has 0 radical (unpaired) electrons. The lowest BCUT2D eigenvalue weighted by Gasteiger charge is -2.28. The van der Waals surface area contributed by atoms with Crippen molar-refractivity contribution in [3.05, 3.63) is 59.9 Å². The van der Waals surface area contributed by atoms with Crippen molar-refractivity contribution in [1.82, 2.24) is 10.2 Å². The Morgan fingerprint density at radius 2 is 1.84 bits per heavy atom. The molecule has 1 aromatic heterocycles. The number of anilines is 3. The Morgan fingerprint density at radius 1 is 1.10 bits per heavy atom. The lowest BCUT2D eigenvalue weighted by Crippen LogP contribution is -2.36. The van der Waals surface area contributed by atoms with Crippen molar-refractivity contribution in [3.8, 4) is 0 Å². The Morgan fingerprint density at radius 3 is 2.58 bits per heavy atom. The zero-order valence-electron chi connectivity index (χ0n) is 16.7. The summed E-state index contributed by atoms with van der Waals surface area (Å²) in [6.07, 6.45) is 0. The predicted molar refractivity (Wildman–Crippen MR) is 122 cm³/mol. The summed E-state index contributed by atoms with van der Waals surface area (Å²) in [6, 6.07) is 14.1. The van der Waals surface area contributed by atoms with Crippen LogP contribution in [0.2, 0.25) is 0 Å². The fourth-order valence-electron chi connectivity index (χ4n) is 3.02. The molecule has 4 rings (SSSR count). The van der Waals surface area contributed by atoms with E-state index in [1.165, 1.54) is 35.2 Å². The number of halogens is 1. The van der Waals surface area contributed by atoms with Crippen LogP contribution in [0, 0.1) is 5.82 Å². The summed E-state index contributed by atoms with van der Waals surface area (Å²) >= 11 is 2.72. The van der Waals surface area contributed by atoms with Crippen LogP contribution >= 0.6 is 23.1 Å². The van der Waals surface area contributed by atoms with Crippen LogP contribution in [0.15, 0.2) is 52.9 Å². The van der Waals surface area contributed by atoms with Gasteiger partial charge in [-0.3, -0.25) is 4.79 Å². The number of nitrogens with zero attached hydrogens (tertiary/aromatic N) is 3. The molecule has 2 N–H and O–H groups in total. The van der Waals surface area contributed by atoms with Gasteiger partial charge in [-0.2, -0.15) is 0 Å². The maximum Gasteiger partial charge on any atom is 0.234 e. The van der Waals surface area contributed by atoms with Crippen LogP contribution < -0.4 is 15.5 Å². The highest BCUT2D eigenvalue weighted by Gasteiger charge is 2.12. The highest BCUT2D eigenvalue weighted by molar-refractivity contribution is 8.01. The smallest absolute Gasteiger partial charge is 0.234 e. The number of benzene rings is 2. The summed E-state index contributed by atoms with van der Waals surface area (Å²) in [5, 5.41) is 14.9. The largest absolute Gasteiger partial charge is 0.378 e. The molecule has 2 aromatic carbocycles. The average molecular weight is 460 g/mol. The van der Waals surface area contributed by atoms with E-state index in [-0.39, 0.29) is 17.5 Å². The third-order valence-electron chi connectivity index (χ3n) is 4.62. The first-order valence-corrected chi connectivity index (χ1v) is 11.6. The summed E-state index contributed by atoms with van der Waals surface area (Å²) in [4.78, 5) is 14.5. The van der Waals surface area contributed by atoms with E-state index in [9.17, 15) is 9.18 Å². The summed E-state index contributed by atoms with van der Waals surface area (Å²) in [5.74, 6) is -0.109. The molecule has 1 aliphatic heterocycles. The Hall–Kier alpha value is -2.69. The van der Waals surface area contributed by atoms with Gasteiger partial charge in [0.15, 0.2) is 4.34 Å². The van der Waals surface area contributed by atoms with Crippen molar-refractivity contribution in [2.45, 2.75) is 10.9 Å². The Labute approximate surface area is 188 Å². The van der Waals surface area contributed by atoms with Crippen LogP contribution in [0.1, 0.15) is 5.56 Å². The number of carbonyl (C=O) groups is 1. The maximum atomic E-state index is 13.0. The number of hydrogen-bond acceptors (Lipinski definition) is 8. The quantitative estimate of drug-likeness (QED) is 0.495. The number of thioether (sulfide) groups is 1. The molecule has 1 saturated heterocycles. The molecule has 0 spiro atoms. The van der Waals surface area contributed by atoms with E-state index in [0.29, 0.717) is 16.0 Å². The van der Waals surface area contributed by atoms with Gasteiger partial charge in [-0.15, -0.1) is 10.2 Å². The number of carbonyl (C=O) groups excluding carboxylic acids is 1. The van der Waals surface area contributed by atoms with E-state index in [4.69, 9.17) is 4.74 Å². The van der Waals surface area contributed by atoms with Gasteiger partial charge in [0.2, 0.25) is 11.0 Å². The molecule has 0 atom stereocenters. The molecule has 162 valence electrons. The number of amides is 1. The van der Waals surface area contributed by atoms with Gasteiger partial charge in [0.05, 0.1) is 19.0 Å². The highest BCUT2D eigenvalue weighted by atomic mass is 32.2. The molecule has 0 bridgehead atoms. The van der Waals surface area contributed by atoms with Crippen molar-refractivity contribution in [2.24, 2.45) is 0 Å². The van der Waals surface area contributed by atoms with Crippen molar-refractivity contribution < 1.29 is 13.9 Å². The average Bonchev–Trinajstić information content (AvgIpc) is 3.26. The van der Waals surface area contributed by atoms with E-state index in [2.05, 4.69) is 25.7 Å². The van der Waals surface area contributed by atoms with E-state index >= 15 is 0 Å². The number of aromatic nitrogens is 2. The summed E-state index contributed by atoms with van der Waals surface area (Å²) < 4.78 is 19.0. The summed E-state index contributed by atoms with van der Waals surface area (Å²) in [5.41, 5.74) is 2.84. The molecule has 0 unspecified atom stereocenters. The molecule has 2 heterocycles. The van der Waals surface area contributed by atoms with Crippen LogP contribution in [-0.4, -0.2) is 48.2 Å². The van der Waals surface area contributed by atoms with Crippen molar-refractivity contribution in [2.75, 3.05) is 47.6 Å². The molecule has 7 nitrogen and oxygen atoms in total. The monoisotopic (exact) mass is 459 g/mol. The van der Waals surface area contributed by atoms with E-state index in [0.717, 1.165) is 43.2 Å². The molecule has 0 aliphatic carbocycles. The second-order valence-corrected chi connectivity index (χ2v) is 9.04. The predicted octanol–water partition coefficient (Wildman–Crippen LogP) is 3.86. The minimum Gasteiger partial charge on any atom is -0.378 e. The van der Waals surface area contributed by atoms with Gasteiger partial charge in [0.1, 0.15) is 5.82 Å². The van der Waals surface area contributed by atoms with Crippen molar-refractivity contribution >= 4 is 45.5 Å². The molecular formula is C21H22FN5O2S2. The van der Waals surface area contributed by atoms with Gasteiger partial charge in [0, 0.05) is 31.0 Å². The standard InChI is InChI=1S/C21H22FN5O2S2/c22-16-3-1-15(2-4-16)13-23-20-25-26-21(31-20)30-14-19(28)24-17-5-7-18(8-6-17)27-9-11-29-12-10-27/h1-8H,9-14H2,(H,23,25)(H,24,28). The SMILES string of the molecule is O=C(CSc1nnc(NCc2ccc(F)cc2)s1)Nc1ccc(N2CCOCC2)cc1. The Balaban J connectivity index is 1.21. The normalized spacial score (nSPS) is 13.8. The first-order chi connectivity index (χ1) is 15.2. The molecule has 1 amide bonds. The molecule has 1 fully saturated rings. The van der Waals surface area contributed by atoms with Gasteiger partial charge in [0.25, 0.3) is 0 Å². The minimum atomic E-state index is -0.260. The number of nitrogens with one attached hydrogen (secondary N) is 2. The van der Waals surface area contributed by atoms with E-state index in [1.807, 2.05) is 24.3 Å². The number of morpholine rings is 1. The van der Waals surface area contributed by atoms with Crippen LogP contribution in [0.3, 0.4) is 0 Å². The van der Waals surface area contributed by atoms with E-state index < -0.39 is 0 Å². The number of hydrogen-bond donors (Lipinski definition) is 2. The second-order valence-electron chi connectivity index (χ2n) is 6.84. The molecule has 1 aliphatic rings. The fourth-order valence-corrected chi connectivity index (χ4v) is 4.57. The maximum absolute atomic E-state index is 13.0. The lowest BCUT2D eigenvalue weighted by atomic mass is 10.2. The van der Waals surface area contributed by atoms with Gasteiger partial charge < -0.3 is 20.3 Å².